The van der Waals surface area contributed by atoms with E-state index in [0.717, 1.165) is 33.3 Å². The van der Waals surface area contributed by atoms with Gasteiger partial charge in [-0.05, 0) is 33.6 Å². The van der Waals surface area contributed by atoms with Gasteiger partial charge in [0.05, 0.1) is 0 Å². The Morgan fingerprint density at radius 3 is 3.06 bits per heavy atom. The molecule has 0 aliphatic carbocycles. The zero-order valence-electron chi connectivity index (χ0n) is 8.77. The average molecular weight is 313 g/mol. The lowest BCUT2D eigenvalue weighted by atomic mass is 10.2. The van der Waals surface area contributed by atoms with Crippen molar-refractivity contribution >= 4 is 32.4 Å². The number of nitrogens with zero attached hydrogens (tertiary/aromatic N) is 1. The zero-order valence-corrected chi connectivity index (χ0v) is 11.2. The molecule has 17 heavy (non-hydrogen) atoms. The minimum absolute atomic E-state index is 0.311. The Morgan fingerprint density at radius 2 is 2.24 bits per heavy atom. The average Bonchev–Trinajstić information content (AvgIpc) is 2.94. The maximum absolute atomic E-state index is 5.32. The normalized spacial score (nSPS) is 12.8. The number of fused-ring (bicyclic) bond motifs is 1. The van der Waals surface area contributed by atoms with Gasteiger partial charge < -0.3 is 14.8 Å². The largest absolute Gasteiger partial charge is 0.454 e. The van der Waals surface area contributed by atoms with Crippen LogP contribution < -0.4 is 14.8 Å². The number of nitrogens with one attached hydrogen (secondary N) is 1. The van der Waals surface area contributed by atoms with E-state index in [0.29, 0.717) is 6.79 Å². The first-order chi connectivity index (χ1) is 8.31. The smallest absolute Gasteiger partial charge is 0.231 e. The van der Waals surface area contributed by atoms with Gasteiger partial charge in [0, 0.05) is 11.9 Å². The first kappa shape index (κ1) is 10.9. The quantitative estimate of drug-likeness (QED) is 0.945. The topological polar surface area (TPSA) is 43.4 Å². The molecule has 88 valence electrons. The van der Waals surface area contributed by atoms with Gasteiger partial charge in [-0.1, -0.05) is 6.07 Å². The second kappa shape index (κ2) is 4.54. The predicted octanol–water partition coefficient (Wildman–Crippen LogP) is 3.25. The number of anilines is 1. The van der Waals surface area contributed by atoms with E-state index in [1.165, 1.54) is 0 Å². The lowest BCUT2D eigenvalue weighted by molar-refractivity contribution is 0.174. The summed E-state index contributed by atoms with van der Waals surface area (Å²) in [5.74, 6) is 1.62. The number of hydrogen-bond donors (Lipinski definition) is 1. The van der Waals surface area contributed by atoms with Gasteiger partial charge in [0.2, 0.25) is 6.79 Å². The molecule has 1 aliphatic rings. The zero-order chi connectivity index (χ0) is 11.7. The van der Waals surface area contributed by atoms with Crippen molar-refractivity contribution in [1.82, 2.24) is 4.98 Å². The fourth-order valence-corrected chi connectivity index (χ4v) is 2.71. The molecule has 0 bridgehead atoms. The minimum Gasteiger partial charge on any atom is -0.454 e. The summed E-state index contributed by atoms with van der Waals surface area (Å²) in [5.41, 5.74) is 1.14. The molecule has 3 rings (SSSR count). The Hall–Kier alpha value is -1.27. The maximum Gasteiger partial charge on any atom is 0.231 e. The third-order valence-corrected chi connectivity index (χ3v) is 3.87. The predicted molar refractivity (Wildman–Crippen MR) is 69.7 cm³/mol. The van der Waals surface area contributed by atoms with E-state index in [4.69, 9.17) is 9.47 Å². The molecular formula is C11H9BrN2O2S. The molecule has 6 heteroatoms. The number of benzene rings is 1. The molecule has 2 heterocycles. The van der Waals surface area contributed by atoms with Crippen molar-refractivity contribution < 1.29 is 9.47 Å². The van der Waals surface area contributed by atoms with Crippen molar-refractivity contribution in [3.05, 3.63) is 33.7 Å². The molecule has 0 amide bonds. The van der Waals surface area contributed by atoms with Crippen molar-refractivity contribution in [2.45, 2.75) is 6.54 Å². The number of hydrogen-bond acceptors (Lipinski definition) is 5. The second-order valence-electron chi connectivity index (χ2n) is 3.52. The van der Waals surface area contributed by atoms with Gasteiger partial charge in [-0.2, -0.15) is 0 Å². The van der Waals surface area contributed by atoms with Gasteiger partial charge in [0.1, 0.15) is 4.60 Å². The highest BCUT2D eigenvalue weighted by Crippen LogP contribution is 2.32. The molecule has 0 saturated carbocycles. The van der Waals surface area contributed by atoms with Gasteiger partial charge in [0.25, 0.3) is 0 Å². The number of ether oxygens (including phenoxy) is 2. The lowest BCUT2D eigenvalue weighted by Gasteiger charge is -2.04. The van der Waals surface area contributed by atoms with Crippen LogP contribution in [-0.4, -0.2) is 11.8 Å². The van der Waals surface area contributed by atoms with Crippen LogP contribution in [0.1, 0.15) is 5.56 Å². The summed E-state index contributed by atoms with van der Waals surface area (Å²) in [4.78, 5) is 4.27. The van der Waals surface area contributed by atoms with Crippen molar-refractivity contribution in [3.8, 4) is 11.5 Å². The Morgan fingerprint density at radius 1 is 1.35 bits per heavy atom. The van der Waals surface area contributed by atoms with E-state index < -0.39 is 0 Å². The summed E-state index contributed by atoms with van der Waals surface area (Å²) in [5, 5.41) is 6.10. The summed E-state index contributed by atoms with van der Waals surface area (Å²) in [6.45, 7) is 1.03. The Balaban J connectivity index is 1.69. The third kappa shape index (κ3) is 2.37. The maximum atomic E-state index is 5.32. The van der Waals surface area contributed by atoms with E-state index in [-0.39, 0.29) is 0 Å². The summed E-state index contributed by atoms with van der Waals surface area (Å²) in [7, 11) is 0. The molecule has 1 aromatic heterocycles. The van der Waals surface area contributed by atoms with Crippen LogP contribution in [0.4, 0.5) is 5.13 Å². The Labute approximate surface area is 111 Å². The van der Waals surface area contributed by atoms with Crippen LogP contribution in [0.3, 0.4) is 0 Å². The second-order valence-corrected chi connectivity index (χ2v) is 5.19. The molecule has 2 aromatic rings. The van der Waals surface area contributed by atoms with E-state index in [1.807, 2.05) is 23.6 Å². The molecule has 0 fully saturated rings. The van der Waals surface area contributed by atoms with E-state index >= 15 is 0 Å². The molecule has 1 aromatic carbocycles. The first-order valence-electron chi connectivity index (χ1n) is 5.05. The van der Waals surface area contributed by atoms with Gasteiger partial charge in [-0.15, -0.1) is 11.3 Å². The molecule has 0 spiro atoms. The Bertz CT molecular complexity index is 544. The summed E-state index contributed by atoms with van der Waals surface area (Å²) >= 11 is 4.89. The van der Waals surface area contributed by atoms with Crippen LogP contribution in [0.25, 0.3) is 0 Å². The van der Waals surface area contributed by atoms with Crippen LogP contribution in [0, 0.1) is 0 Å². The number of aromatic nitrogens is 1. The van der Waals surface area contributed by atoms with Crippen LogP contribution in [-0.2, 0) is 6.54 Å². The van der Waals surface area contributed by atoms with Crippen molar-refractivity contribution in [2.75, 3.05) is 12.1 Å². The number of thiazole rings is 1. The van der Waals surface area contributed by atoms with Crippen LogP contribution in [0.2, 0.25) is 0 Å². The number of halogens is 1. The van der Waals surface area contributed by atoms with Crippen molar-refractivity contribution in [2.24, 2.45) is 0 Å². The van der Waals surface area contributed by atoms with Gasteiger partial charge >= 0.3 is 0 Å². The highest BCUT2D eigenvalue weighted by atomic mass is 79.9. The van der Waals surface area contributed by atoms with E-state index in [2.05, 4.69) is 26.2 Å². The molecule has 4 nitrogen and oxygen atoms in total. The fourth-order valence-electron chi connectivity index (χ4n) is 1.56. The number of rotatable bonds is 3. The molecule has 1 aliphatic heterocycles. The van der Waals surface area contributed by atoms with Gasteiger partial charge in [-0.3, -0.25) is 0 Å². The monoisotopic (exact) mass is 312 g/mol. The SMILES string of the molecule is Brc1csc(NCc2ccc3c(c2)OCO3)n1. The van der Waals surface area contributed by atoms with Crippen molar-refractivity contribution in [1.29, 1.82) is 0 Å². The lowest BCUT2D eigenvalue weighted by Crippen LogP contribution is -1.98. The molecule has 0 radical (unpaired) electrons. The molecule has 0 unspecified atom stereocenters. The molecular weight excluding hydrogens is 304 g/mol. The molecule has 0 saturated heterocycles. The highest BCUT2D eigenvalue weighted by Gasteiger charge is 2.13. The fraction of sp³-hybridized carbons (Fsp3) is 0.182. The van der Waals surface area contributed by atoms with E-state index in [1.54, 1.807) is 11.3 Å². The minimum atomic E-state index is 0.311. The summed E-state index contributed by atoms with van der Waals surface area (Å²) in [6.07, 6.45) is 0. The first-order valence-corrected chi connectivity index (χ1v) is 6.72. The third-order valence-electron chi connectivity index (χ3n) is 2.36. The summed E-state index contributed by atoms with van der Waals surface area (Å²) in [6, 6.07) is 5.93. The summed E-state index contributed by atoms with van der Waals surface area (Å²) < 4.78 is 11.4. The van der Waals surface area contributed by atoms with Crippen LogP contribution >= 0.6 is 27.3 Å². The standard InChI is InChI=1S/C11H9BrN2O2S/c12-10-5-17-11(14-10)13-4-7-1-2-8-9(3-7)16-6-15-8/h1-3,5H,4,6H2,(H,13,14). The van der Waals surface area contributed by atoms with Gasteiger partial charge in [-0.25, -0.2) is 4.98 Å². The van der Waals surface area contributed by atoms with Crippen LogP contribution in [0.15, 0.2) is 28.2 Å². The Kier molecular flexibility index (Phi) is 2.90. The van der Waals surface area contributed by atoms with E-state index in [9.17, 15) is 0 Å². The van der Waals surface area contributed by atoms with Gasteiger partial charge in [0.15, 0.2) is 16.6 Å². The highest BCUT2D eigenvalue weighted by molar-refractivity contribution is 9.10. The van der Waals surface area contributed by atoms with Crippen molar-refractivity contribution in [3.63, 3.8) is 0 Å². The van der Waals surface area contributed by atoms with Crippen LogP contribution in [0.5, 0.6) is 11.5 Å². The molecule has 1 N–H and O–H groups in total. The molecule has 0 atom stereocenters.